The average Bonchev–Trinajstić information content (AvgIpc) is 3.24. The van der Waals surface area contributed by atoms with Gasteiger partial charge in [-0.25, -0.2) is 0 Å². The molecule has 0 aliphatic carbocycles. The summed E-state index contributed by atoms with van der Waals surface area (Å²) in [7, 11) is 0. The van der Waals surface area contributed by atoms with E-state index in [4.69, 9.17) is 4.52 Å². The standard InChI is InChI=1S/C23H17F3N4O2/c24-23(25,26)18-9-7-15(8-10-18)12-20(31)28-19-6-2-1-4-16(19)13-21-29-22(30-32-21)17-5-3-11-27-14-17/h1-11,14H,12-13H2,(H,28,31). The van der Waals surface area contributed by atoms with Gasteiger partial charge in [-0.3, -0.25) is 9.78 Å². The molecule has 162 valence electrons. The van der Waals surface area contributed by atoms with Crippen LogP contribution in [0.1, 0.15) is 22.6 Å². The molecule has 4 rings (SSSR count). The van der Waals surface area contributed by atoms with E-state index in [1.807, 2.05) is 18.2 Å². The van der Waals surface area contributed by atoms with Crippen LogP contribution in [-0.4, -0.2) is 21.0 Å². The minimum Gasteiger partial charge on any atom is -0.339 e. The number of pyridine rings is 1. The van der Waals surface area contributed by atoms with Crippen LogP contribution >= 0.6 is 0 Å². The lowest BCUT2D eigenvalue weighted by atomic mass is 10.1. The Balaban J connectivity index is 1.43. The summed E-state index contributed by atoms with van der Waals surface area (Å²) in [5.41, 5.74) is 1.77. The number of benzene rings is 2. The zero-order valence-electron chi connectivity index (χ0n) is 16.6. The Bertz CT molecular complexity index is 1210. The highest BCUT2D eigenvalue weighted by atomic mass is 19.4. The molecule has 4 aromatic rings. The molecule has 6 nitrogen and oxygen atoms in total. The minimum absolute atomic E-state index is 0.0574. The average molecular weight is 438 g/mol. The molecule has 0 fully saturated rings. The number of alkyl halides is 3. The van der Waals surface area contributed by atoms with Gasteiger partial charge in [0.1, 0.15) is 0 Å². The predicted octanol–water partition coefficient (Wildman–Crippen LogP) is 4.92. The van der Waals surface area contributed by atoms with E-state index in [0.29, 0.717) is 29.4 Å². The largest absolute Gasteiger partial charge is 0.416 e. The highest BCUT2D eigenvalue weighted by molar-refractivity contribution is 5.93. The number of carbonyl (C=O) groups excluding carboxylic acids is 1. The molecule has 0 spiro atoms. The molecule has 0 saturated carbocycles. The van der Waals surface area contributed by atoms with Crippen molar-refractivity contribution in [2.75, 3.05) is 5.32 Å². The van der Waals surface area contributed by atoms with Crippen LogP contribution in [0.4, 0.5) is 18.9 Å². The van der Waals surface area contributed by atoms with Crippen molar-refractivity contribution in [2.45, 2.75) is 19.0 Å². The van der Waals surface area contributed by atoms with Crippen molar-refractivity contribution in [3.8, 4) is 11.4 Å². The Morgan fingerprint density at radius 3 is 2.50 bits per heavy atom. The molecular weight excluding hydrogens is 421 g/mol. The third-order valence-corrected chi connectivity index (χ3v) is 4.67. The maximum atomic E-state index is 12.7. The second kappa shape index (κ2) is 9.01. The topological polar surface area (TPSA) is 80.9 Å². The number of nitrogens with zero attached hydrogens (tertiary/aromatic N) is 3. The Morgan fingerprint density at radius 2 is 1.78 bits per heavy atom. The van der Waals surface area contributed by atoms with Crippen molar-refractivity contribution >= 4 is 11.6 Å². The number of aromatic nitrogens is 3. The highest BCUT2D eigenvalue weighted by Gasteiger charge is 2.30. The van der Waals surface area contributed by atoms with Crippen molar-refractivity contribution in [3.63, 3.8) is 0 Å². The van der Waals surface area contributed by atoms with E-state index >= 15 is 0 Å². The van der Waals surface area contributed by atoms with Gasteiger partial charge >= 0.3 is 6.18 Å². The summed E-state index contributed by atoms with van der Waals surface area (Å²) in [5, 5.41) is 6.76. The summed E-state index contributed by atoms with van der Waals surface area (Å²) in [6.07, 6.45) is -0.897. The van der Waals surface area contributed by atoms with Crippen LogP contribution in [0.5, 0.6) is 0 Å². The zero-order valence-corrected chi connectivity index (χ0v) is 16.6. The van der Waals surface area contributed by atoms with Crippen LogP contribution in [0, 0.1) is 0 Å². The van der Waals surface area contributed by atoms with E-state index in [9.17, 15) is 18.0 Å². The number of halogens is 3. The Morgan fingerprint density at radius 1 is 1.00 bits per heavy atom. The summed E-state index contributed by atoms with van der Waals surface area (Å²) in [5.74, 6) is 0.434. The third-order valence-electron chi connectivity index (χ3n) is 4.67. The molecule has 2 aromatic carbocycles. The van der Waals surface area contributed by atoms with E-state index in [1.54, 1.807) is 30.6 Å². The smallest absolute Gasteiger partial charge is 0.339 e. The maximum Gasteiger partial charge on any atom is 0.416 e. The molecule has 0 bridgehead atoms. The molecule has 0 aliphatic rings. The van der Waals surface area contributed by atoms with E-state index in [1.165, 1.54) is 12.1 Å². The fourth-order valence-electron chi connectivity index (χ4n) is 3.09. The number of rotatable bonds is 6. The van der Waals surface area contributed by atoms with Crippen LogP contribution in [0.25, 0.3) is 11.4 Å². The molecule has 2 heterocycles. The first-order chi connectivity index (χ1) is 15.4. The van der Waals surface area contributed by atoms with Crippen molar-refractivity contribution in [3.05, 3.63) is 95.6 Å². The summed E-state index contributed by atoms with van der Waals surface area (Å²) < 4.78 is 43.4. The van der Waals surface area contributed by atoms with Gasteiger partial charge in [0.25, 0.3) is 0 Å². The number of nitrogens with one attached hydrogen (secondary N) is 1. The Hall–Kier alpha value is -4.01. The SMILES string of the molecule is O=C(Cc1ccc(C(F)(F)F)cc1)Nc1ccccc1Cc1nc(-c2cccnc2)no1. The lowest BCUT2D eigenvalue weighted by molar-refractivity contribution is -0.137. The summed E-state index contributed by atoms with van der Waals surface area (Å²) >= 11 is 0. The fourth-order valence-corrected chi connectivity index (χ4v) is 3.09. The molecule has 0 saturated heterocycles. The van der Waals surface area contributed by atoms with Crippen LogP contribution in [0.3, 0.4) is 0 Å². The third kappa shape index (κ3) is 5.18. The number of para-hydroxylation sites is 1. The molecule has 9 heteroatoms. The van der Waals surface area contributed by atoms with Gasteiger partial charge in [-0.2, -0.15) is 18.2 Å². The first kappa shape index (κ1) is 21.2. The lowest BCUT2D eigenvalue weighted by Gasteiger charge is -2.11. The van der Waals surface area contributed by atoms with E-state index in [0.717, 1.165) is 23.3 Å². The quantitative estimate of drug-likeness (QED) is 0.462. The van der Waals surface area contributed by atoms with Crippen LogP contribution in [-0.2, 0) is 23.8 Å². The normalized spacial score (nSPS) is 11.3. The molecule has 0 atom stereocenters. The van der Waals surface area contributed by atoms with E-state index in [2.05, 4.69) is 20.4 Å². The van der Waals surface area contributed by atoms with Gasteiger partial charge in [0.15, 0.2) is 0 Å². The van der Waals surface area contributed by atoms with Gasteiger partial charge in [-0.1, -0.05) is 35.5 Å². The van der Waals surface area contributed by atoms with Crippen molar-refractivity contribution in [2.24, 2.45) is 0 Å². The molecule has 0 aliphatic heterocycles. The number of hydrogen-bond donors (Lipinski definition) is 1. The summed E-state index contributed by atoms with van der Waals surface area (Å²) in [6, 6.07) is 15.3. The molecule has 1 N–H and O–H groups in total. The second-order valence-corrected chi connectivity index (χ2v) is 7.01. The number of carbonyl (C=O) groups is 1. The fraction of sp³-hybridized carbons (Fsp3) is 0.130. The highest BCUT2D eigenvalue weighted by Crippen LogP contribution is 2.29. The van der Waals surface area contributed by atoms with Gasteiger partial charge in [0.2, 0.25) is 17.6 Å². The maximum absolute atomic E-state index is 12.7. The van der Waals surface area contributed by atoms with Crippen LogP contribution < -0.4 is 5.32 Å². The number of amides is 1. The summed E-state index contributed by atoms with van der Waals surface area (Å²) in [4.78, 5) is 20.9. The van der Waals surface area contributed by atoms with Crippen molar-refractivity contribution in [1.29, 1.82) is 0 Å². The Labute approximate surface area is 181 Å². The molecular formula is C23H17F3N4O2. The van der Waals surface area contributed by atoms with Crippen molar-refractivity contribution < 1.29 is 22.5 Å². The van der Waals surface area contributed by atoms with E-state index < -0.39 is 11.7 Å². The monoisotopic (exact) mass is 438 g/mol. The first-order valence-corrected chi connectivity index (χ1v) is 9.65. The van der Waals surface area contributed by atoms with Gasteiger partial charge in [-0.15, -0.1) is 0 Å². The molecule has 0 unspecified atom stereocenters. The molecule has 1 amide bonds. The van der Waals surface area contributed by atoms with Gasteiger partial charge in [0.05, 0.1) is 18.4 Å². The van der Waals surface area contributed by atoms with E-state index in [-0.39, 0.29) is 12.3 Å². The van der Waals surface area contributed by atoms with Crippen molar-refractivity contribution in [1.82, 2.24) is 15.1 Å². The molecule has 0 radical (unpaired) electrons. The van der Waals surface area contributed by atoms with Gasteiger partial charge in [0, 0.05) is 23.6 Å². The van der Waals surface area contributed by atoms with Crippen LogP contribution in [0.2, 0.25) is 0 Å². The molecule has 2 aromatic heterocycles. The lowest BCUT2D eigenvalue weighted by Crippen LogP contribution is -2.16. The Kier molecular flexibility index (Phi) is 5.98. The number of anilines is 1. The summed E-state index contributed by atoms with van der Waals surface area (Å²) in [6.45, 7) is 0. The van der Waals surface area contributed by atoms with Crippen LogP contribution in [0.15, 0.2) is 77.6 Å². The van der Waals surface area contributed by atoms with Gasteiger partial charge in [-0.05, 0) is 41.5 Å². The zero-order chi connectivity index (χ0) is 22.6. The predicted molar refractivity (Wildman–Crippen MR) is 111 cm³/mol. The second-order valence-electron chi connectivity index (χ2n) is 7.01. The first-order valence-electron chi connectivity index (χ1n) is 9.65. The minimum atomic E-state index is -4.41. The van der Waals surface area contributed by atoms with Gasteiger partial charge < -0.3 is 9.84 Å². The molecule has 32 heavy (non-hydrogen) atoms. The number of hydrogen-bond acceptors (Lipinski definition) is 5.